The van der Waals surface area contributed by atoms with Gasteiger partial charge in [-0.2, -0.15) is 20.3 Å². The van der Waals surface area contributed by atoms with Gasteiger partial charge in [0.05, 0.1) is 36.1 Å². The molecule has 2 aromatic heterocycles. The second kappa shape index (κ2) is 8.06. The fraction of sp³-hybridized carbons (Fsp3) is 0.250. The minimum Gasteiger partial charge on any atom is -0.472 e. The fourth-order valence-electron chi connectivity index (χ4n) is 3.29. The Bertz CT molecular complexity index is 1060. The van der Waals surface area contributed by atoms with Gasteiger partial charge in [0.1, 0.15) is 17.6 Å². The predicted molar refractivity (Wildman–Crippen MR) is 99.8 cm³/mol. The van der Waals surface area contributed by atoms with E-state index in [0.29, 0.717) is 30.1 Å². The van der Waals surface area contributed by atoms with Gasteiger partial charge in [0, 0.05) is 24.9 Å². The van der Waals surface area contributed by atoms with Gasteiger partial charge in [0.15, 0.2) is 0 Å². The van der Waals surface area contributed by atoms with Gasteiger partial charge in [0.2, 0.25) is 5.88 Å². The lowest BCUT2D eigenvalue weighted by Crippen LogP contribution is -2.44. The number of aromatic nitrogens is 4. The summed E-state index contributed by atoms with van der Waals surface area (Å²) in [5.74, 6) is -0.368. The molecule has 1 aliphatic heterocycles. The van der Waals surface area contributed by atoms with Crippen LogP contribution in [0.25, 0.3) is 5.69 Å². The third-order valence-corrected chi connectivity index (χ3v) is 4.64. The first-order valence-corrected chi connectivity index (χ1v) is 9.12. The Morgan fingerprint density at radius 1 is 1.21 bits per heavy atom. The SMILES string of the molecule is N#Cc1ccnc(O[C@@H]2CCCN(C(=O)c3ccc(F)cc3-n3nccn3)C2)c1. The maximum absolute atomic E-state index is 13.8. The van der Waals surface area contributed by atoms with Crippen LogP contribution in [0.4, 0.5) is 4.39 Å². The number of amides is 1. The molecule has 0 N–H and O–H groups in total. The summed E-state index contributed by atoms with van der Waals surface area (Å²) >= 11 is 0. The van der Waals surface area contributed by atoms with Gasteiger partial charge in [0.25, 0.3) is 5.91 Å². The molecule has 0 unspecified atom stereocenters. The third kappa shape index (κ3) is 4.06. The number of piperidine rings is 1. The number of halogens is 1. The van der Waals surface area contributed by atoms with Gasteiger partial charge < -0.3 is 9.64 Å². The first-order valence-electron chi connectivity index (χ1n) is 9.12. The lowest BCUT2D eigenvalue weighted by atomic mass is 10.1. The van der Waals surface area contributed by atoms with Crippen molar-refractivity contribution in [1.29, 1.82) is 5.26 Å². The van der Waals surface area contributed by atoms with E-state index in [4.69, 9.17) is 10.00 Å². The Morgan fingerprint density at radius 3 is 2.83 bits per heavy atom. The Morgan fingerprint density at radius 2 is 2.03 bits per heavy atom. The quantitative estimate of drug-likeness (QED) is 0.676. The maximum Gasteiger partial charge on any atom is 0.256 e. The molecule has 3 aromatic rings. The van der Waals surface area contributed by atoms with Crippen molar-refractivity contribution in [3.8, 4) is 17.6 Å². The molecular weight excluding hydrogens is 375 g/mol. The molecule has 0 spiro atoms. The number of likely N-dealkylation sites (tertiary alicyclic amines) is 1. The summed E-state index contributed by atoms with van der Waals surface area (Å²) < 4.78 is 19.7. The van der Waals surface area contributed by atoms with Crippen molar-refractivity contribution >= 4 is 5.91 Å². The predicted octanol–water partition coefficient (Wildman–Crippen LogP) is 2.36. The number of benzene rings is 1. The van der Waals surface area contributed by atoms with Crippen LogP contribution in [0, 0.1) is 17.1 Å². The Labute approximate surface area is 166 Å². The van der Waals surface area contributed by atoms with Gasteiger partial charge in [-0.05, 0) is 31.0 Å². The zero-order valence-corrected chi connectivity index (χ0v) is 15.4. The van der Waals surface area contributed by atoms with Crippen LogP contribution in [-0.4, -0.2) is 50.0 Å². The maximum atomic E-state index is 13.8. The first kappa shape index (κ1) is 18.6. The average Bonchev–Trinajstić information content (AvgIpc) is 3.28. The molecule has 8 nitrogen and oxygen atoms in total. The highest BCUT2D eigenvalue weighted by molar-refractivity contribution is 5.97. The van der Waals surface area contributed by atoms with Crippen molar-refractivity contribution in [2.24, 2.45) is 0 Å². The number of pyridine rings is 1. The van der Waals surface area contributed by atoms with Crippen molar-refractivity contribution in [1.82, 2.24) is 24.9 Å². The van der Waals surface area contributed by atoms with E-state index in [1.54, 1.807) is 17.0 Å². The Balaban J connectivity index is 1.53. The zero-order valence-electron chi connectivity index (χ0n) is 15.4. The first-order chi connectivity index (χ1) is 14.1. The van der Waals surface area contributed by atoms with Crippen LogP contribution in [0.1, 0.15) is 28.8 Å². The Kier molecular flexibility index (Phi) is 5.16. The molecule has 1 aromatic carbocycles. The largest absolute Gasteiger partial charge is 0.472 e. The molecule has 0 radical (unpaired) electrons. The van der Waals surface area contributed by atoms with E-state index in [9.17, 15) is 9.18 Å². The minimum absolute atomic E-state index is 0.246. The lowest BCUT2D eigenvalue weighted by Gasteiger charge is -2.33. The van der Waals surface area contributed by atoms with E-state index in [0.717, 1.165) is 12.8 Å². The second-order valence-electron chi connectivity index (χ2n) is 6.61. The van der Waals surface area contributed by atoms with Gasteiger partial charge in [-0.15, -0.1) is 0 Å². The molecule has 1 fully saturated rings. The number of rotatable bonds is 4. The average molecular weight is 392 g/mol. The van der Waals surface area contributed by atoms with E-state index < -0.39 is 5.82 Å². The Hall–Kier alpha value is -3.80. The van der Waals surface area contributed by atoms with E-state index in [2.05, 4.69) is 15.2 Å². The number of carbonyl (C=O) groups is 1. The highest BCUT2D eigenvalue weighted by Gasteiger charge is 2.28. The highest BCUT2D eigenvalue weighted by atomic mass is 19.1. The van der Waals surface area contributed by atoms with Crippen LogP contribution >= 0.6 is 0 Å². The standard InChI is InChI=1S/C20H17FN6O2/c21-15-3-4-17(18(11-15)27-24-7-8-25-27)20(28)26-9-1-2-16(13-26)29-19-10-14(12-22)5-6-23-19/h3-8,10-11,16H,1-2,9,13H2/t16-/m1/s1. The smallest absolute Gasteiger partial charge is 0.256 e. The third-order valence-electron chi connectivity index (χ3n) is 4.64. The molecule has 3 heterocycles. The monoisotopic (exact) mass is 392 g/mol. The molecule has 1 amide bonds. The number of hydrogen-bond acceptors (Lipinski definition) is 6. The summed E-state index contributed by atoms with van der Waals surface area (Å²) in [7, 11) is 0. The van der Waals surface area contributed by atoms with Crippen LogP contribution in [0.15, 0.2) is 48.9 Å². The molecule has 9 heteroatoms. The number of carbonyl (C=O) groups excluding carboxylic acids is 1. The van der Waals surface area contributed by atoms with Crippen LogP contribution in [0.3, 0.4) is 0 Å². The van der Waals surface area contributed by atoms with E-state index in [1.165, 1.54) is 41.6 Å². The van der Waals surface area contributed by atoms with Gasteiger partial charge >= 0.3 is 0 Å². The molecule has 0 bridgehead atoms. The van der Waals surface area contributed by atoms with E-state index >= 15 is 0 Å². The van der Waals surface area contributed by atoms with Crippen LogP contribution in [0.5, 0.6) is 5.88 Å². The number of ether oxygens (including phenoxy) is 1. The molecule has 146 valence electrons. The normalized spacial score (nSPS) is 16.3. The summed E-state index contributed by atoms with van der Waals surface area (Å²) in [6.07, 6.45) is 5.71. The van der Waals surface area contributed by atoms with Crippen molar-refractivity contribution < 1.29 is 13.9 Å². The molecule has 1 aliphatic rings. The molecular formula is C20H17FN6O2. The van der Waals surface area contributed by atoms with Crippen molar-refractivity contribution in [2.75, 3.05) is 13.1 Å². The van der Waals surface area contributed by atoms with Crippen LogP contribution in [-0.2, 0) is 0 Å². The lowest BCUT2D eigenvalue weighted by molar-refractivity contribution is 0.0527. The van der Waals surface area contributed by atoms with Gasteiger partial charge in [-0.25, -0.2) is 9.37 Å². The van der Waals surface area contributed by atoms with Gasteiger partial charge in [-0.1, -0.05) is 0 Å². The summed E-state index contributed by atoms with van der Waals surface area (Å²) in [6, 6.07) is 9.15. The van der Waals surface area contributed by atoms with Crippen molar-refractivity contribution in [3.05, 3.63) is 65.9 Å². The zero-order chi connectivity index (χ0) is 20.2. The molecule has 29 heavy (non-hydrogen) atoms. The van der Waals surface area contributed by atoms with Crippen molar-refractivity contribution in [3.63, 3.8) is 0 Å². The van der Waals surface area contributed by atoms with Crippen LogP contribution in [0.2, 0.25) is 0 Å². The summed E-state index contributed by atoms with van der Waals surface area (Å²) in [6.45, 7) is 0.925. The summed E-state index contributed by atoms with van der Waals surface area (Å²) in [4.78, 5) is 20.2. The van der Waals surface area contributed by atoms with E-state index in [1.807, 2.05) is 6.07 Å². The molecule has 0 saturated carbocycles. The highest BCUT2D eigenvalue weighted by Crippen LogP contribution is 2.22. The fourth-order valence-corrected chi connectivity index (χ4v) is 3.29. The topological polar surface area (TPSA) is 96.9 Å². The number of nitrogens with zero attached hydrogens (tertiary/aromatic N) is 6. The second-order valence-corrected chi connectivity index (χ2v) is 6.61. The molecule has 1 atom stereocenters. The summed E-state index contributed by atoms with van der Waals surface area (Å²) in [5.41, 5.74) is 1.06. The molecule has 0 aliphatic carbocycles. The van der Waals surface area contributed by atoms with Gasteiger partial charge in [-0.3, -0.25) is 4.79 Å². The van der Waals surface area contributed by atoms with Crippen molar-refractivity contribution in [2.45, 2.75) is 18.9 Å². The molecule has 4 rings (SSSR count). The minimum atomic E-state index is -0.475. The molecule has 1 saturated heterocycles. The van der Waals surface area contributed by atoms with Crippen LogP contribution < -0.4 is 4.74 Å². The number of nitriles is 1. The van der Waals surface area contributed by atoms with E-state index in [-0.39, 0.29) is 17.7 Å². The number of hydrogen-bond donors (Lipinski definition) is 0. The summed E-state index contributed by atoms with van der Waals surface area (Å²) in [5, 5.41) is 17.0.